The molecule has 0 saturated heterocycles. The number of hydrogen-bond donors (Lipinski definition) is 0. The van der Waals surface area contributed by atoms with Crippen molar-refractivity contribution in [3.05, 3.63) is 119 Å². The van der Waals surface area contributed by atoms with E-state index in [0.29, 0.717) is 47.3 Å². The van der Waals surface area contributed by atoms with Gasteiger partial charge in [-0.3, -0.25) is 4.79 Å². The lowest BCUT2D eigenvalue weighted by molar-refractivity contribution is 0.103. The maximum Gasteiger partial charge on any atom is 0.197 e. The van der Waals surface area contributed by atoms with Crippen LogP contribution >= 0.6 is 0 Å². The van der Waals surface area contributed by atoms with E-state index in [0.717, 1.165) is 11.1 Å². The molecule has 0 heterocycles. The van der Waals surface area contributed by atoms with Crippen LogP contribution in [0.1, 0.15) is 27.0 Å². The largest absolute Gasteiger partial charge is 0.496 e. The number of benzene rings is 4. The van der Waals surface area contributed by atoms with Crippen LogP contribution in [-0.2, 0) is 13.2 Å². The third-order valence-electron chi connectivity index (χ3n) is 5.33. The molecule has 0 aromatic heterocycles. The van der Waals surface area contributed by atoms with Crippen LogP contribution in [0.5, 0.6) is 23.0 Å². The Bertz CT molecular complexity index is 1240. The molecular formula is C29H26O5. The lowest BCUT2D eigenvalue weighted by Crippen LogP contribution is -2.06. The first-order valence-corrected chi connectivity index (χ1v) is 10.9. The van der Waals surface area contributed by atoms with Crippen LogP contribution in [0, 0.1) is 0 Å². The Morgan fingerprint density at radius 2 is 1.21 bits per heavy atom. The van der Waals surface area contributed by atoms with Gasteiger partial charge in [-0.1, -0.05) is 60.7 Å². The maximum absolute atomic E-state index is 13.4. The SMILES string of the molecule is COc1ccc(C(=O)c2cc(OCc3ccccc3)ccc2OC)cc1OCc1ccccc1. The van der Waals surface area contributed by atoms with Gasteiger partial charge < -0.3 is 18.9 Å². The van der Waals surface area contributed by atoms with Crippen LogP contribution in [0.25, 0.3) is 0 Å². The van der Waals surface area contributed by atoms with E-state index in [4.69, 9.17) is 18.9 Å². The van der Waals surface area contributed by atoms with E-state index in [9.17, 15) is 4.79 Å². The smallest absolute Gasteiger partial charge is 0.197 e. The van der Waals surface area contributed by atoms with Gasteiger partial charge in [-0.25, -0.2) is 0 Å². The second kappa shape index (κ2) is 11.1. The fourth-order valence-corrected chi connectivity index (χ4v) is 3.52. The van der Waals surface area contributed by atoms with Crippen LogP contribution in [0.2, 0.25) is 0 Å². The molecule has 0 atom stereocenters. The quantitative estimate of drug-likeness (QED) is 0.271. The maximum atomic E-state index is 13.4. The summed E-state index contributed by atoms with van der Waals surface area (Å²) in [5, 5.41) is 0. The molecule has 4 aromatic carbocycles. The number of carbonyl (C=O) groups excluding carboxylic acids is 1. The van der Waals surface area contributed by atoms with E-state index in [1.807, 2.05) is 60.7 Å². The van der Waals surface area contributed by atoms with Crippen LogP contribution in [-0.4, -0.2) is 20.0 Å². The van der Waals surface area contributed by atoms with Gasteiger partial charge in [-0.05, 0) is 47.5 Å². The lowest BCUT2D eigenvalue weighted by atomic mass is 10.0. The van der Waals surface area contributed by atoms with Crippen LogP contribution in [0.4, 0.5) is 0 Å². The second-order valence-corrected chi connectivity index (χ2v) is 7.61. The molecule has 4 aromatic rings. The summed E-state index contributed by atoms with van der Waals surface area (Å²) in [4.78, 5) is 13.4. The van der Waals surface area contributed by atoms with Gasteiger partial charge in [-0.2, -0.15) is 0 Å². The third-order valence-corrected chi connectivity index (χ3v) is 5.33. The minimum atomic E-state index is -0.200. The van der Waals surface area contributed by atoms with E-state index in [1.165, 1.54) is 0 Å². The Labute approximate surface area is 199 Å². The molecule has 0 aliphatic carbocycles. The van der Waals surface area contributed by atoms with Crippen molar-refractivity contribution < 1.29 is 23.7 Å². The number of methoxy groups -OCH3 is 2. The zero-order chi connectivity index (χ0) is 23.8. The van der Waals surface area contributed by atoms with E-state index in [1.54, 1.807) is 50.6 Å². The Balaban J connectivity index is 1.57. The summed E-state index contributed by atoms with van der Waals surface area (Å²) < 4.78 is 22.8. The van der Waals surface area contributed by atoms with E-state index in [-0.39, 0.29) is 5.78 Å². The molecule has 4 rings (SSSR count). The average molecular weight is 455 g/mol. The second-order valence-electron chi connectivity index (χ2n) is 7.61. The Kier molecular flexibility index (Phi) is 7.45. The highest BCUT2D eigenvalue weighted by atomic mass is 16.5. The van der Waals surface area contributed by atoms with Crippen molar-refractivity contribution in [3.63, 3.8) is 0 Å². The Hall–Kier alpha value is -4.25. The predicted molar refractivity (Wildman–Crippen MR) is 131 cm³/mol. The summed E-state index contributed by atoms with van der Waals surface area (Å²) in [6.45, 7) is 0.766. The van der Waals surface area contributed by atoms with Gasteiger partial charge in [0.1, 0.15) is 24.7 Å². The van der Waals surface area contributed by atoms with E-state index >= 15 is 0 Å². The highest BCUT2D eigenvalue weighted by Gasteiger charge is 2.18. The van der Waals surface area contributed by atoms with Gasteiger partial charge in [0.15, 0.2) is 17.3 Å². The summed E-state index contributed by atoms with van der Waals surface area (Å²) in [7, 11) is 3.11. The number of ether oxygens (including phenoxy) is 4. The van der Waals surface area contributed by atoms with Crippen LogP contribution in [0.15, 0.2) is 97.1 Å². The van der Waals surface area contributed by atoms with Crippen molar-refractivity contribution in [2.45, 2.75) is 13.2 Å². The molecule has 0 spiro atoms. The molecule has 34 heavy (non-hydrogen) atoms. The van der Waals surface area contributed by atoms with Crippen molar-refractivity contribution in [2.24, 2.45) is 0 Å². The molecule has 5 heteroatoms. The molecular weight excluding hydrogens is 428 g/mol. The summed E-state index contributed by atoms with van der Waals surface area (Å²) in [5.41, 5.74) is 2.93. The molecule has 0 fully saturated rings. The van der Waals surface area contributed by atoms with Gasteiger partial charge in [0.25, 0.3) is 0 Å². The normalized spacial score (nSPS) is 10.4. The monoisotopic (exact) mass is 454 g/mol. The summed E-state index contributed by atoms with van der Waals surface area (Å²) in [6, 6.07) is 30.1. The van der Waals surface area contributed by atoms with Crippen molar-refractivity contribution in [1.82, 2.24) is 0 Å². The first-order valence-electron chi connectivity index (χ1n) is 10.9. The minimum absolute atomic E-state index is 0.200. The lowest BCUT2D eigenvalue weighted by Gasteiger charge is -2.14. The fourth-order valence-electron chi connectivity index (χ4n) is 3.52. The third kappa shape index (κ3) is 5.56. The summed E-state index contributed by atoms with van der Waals surface area (Å²) in [6.07, 6.45) is 0. The minimum Gasteiger partial charge on any atom is -0.496 e. The molecule has 0 amide bonds. The first kappa shape index (κ1) is 22.9. The number of carbonyl (C=O) groups is 1. The number of ketones is 1. The van der Waals surface area contributed by atoms with Gasteiger partial charge in [0, 0.05) is 5.56 Å². The van der Waals surface area contributed by atoms with Gasteiger partial charge in [0.05, 0.1) is 19.8 Å². The molecule has 0 aliphatic heterocycles. The zero-order valence-electron chi connectivity index (χ0n) is 19.2. The van der Waals surface area contributed by atoms with E-state index in [2.05, 4.69) is 0 Å². The Morgan fingerprint density at radius 3 is 1.82 bits per heavy atom. The zero-order valence-corrected chi connectivity index (χ0v) is 19.2. The molecule has 0 saturated carbocycles. The molecule has 0 N–H and O–H groups in total. The van der Waals surface area contributed by atoms with Crippen molar-refractivity contribution in [1.29, 1.82) is 0 Å². The van der Waals surface area contributed by atoms with Gasteiger partial charge in [-0.15, -0.1) is 0 Å². The molecule has 5 nitrogen and oxygen atoms in total. The highest BCUT2D eigenvalue weighted by molar-refractivity contribution is 6.11. The predicted octanol–water partition coefficient (Wildman–Crippen LogP) is 6.09. The fraction of sp³-hybridized carbons (Fsp3) is 0.138. The van der Waals surface area contributed by atoms with Crippen LogP contribution in [0.3, 0.4) is 0 Å². The van der Waals surface area contributed by atoms with Crippen LogP contribution < -0.4 is 18.9 Å². The number of hydrogen-bond acceptors (Lipinski definition) is 5. The Morgan fingerprint density at radius 1 is 0.618 bits per heavy atom. The summed E-state index contributed by atoms with van der Waals surface area (Å²) >= 11 is 0. The number of rotatable bonds is 10. The van der Waals surface area contributed by atoms with Crippen molar-refractivity contribution in [2.75, 3.05) is 14.2 Å². The molecule has 172 valence electrons. The molecule has 0 radical (unpaired) electrons. The van der Waals surface area contributed by atoms with Gasteiger partial charge in [0.2, 0.25) is 0 Å². The van der Waals surface area contributed by atoms with Crippen molar-refractivity contribution >= 4 is 5.78 Å². The highest BCUT2D eigenvalue weighted by Crippen LogP contribution is 2.32. The summed E-state index contributed by atoms with van der Waals surface area (Å²) in [5.74, 6) is 1.91. The first-order chi connectivity index (χ1) is 16.7. The molecule has 0 unspecified atom stereocenters. The molecule has 0 aliphatic rings. The van der Waals surface area contributed by atoms with Crippen molar-refractivity contribution in [3.8, 4) is 23.0 Å². The molecule has 0 bridgehead atoms. The average Bonchev–Trinajstić information content (AvgIpc) is 2.91. The standard InChI is InChI=1S/C29H26O5/c1-31-26-16-14-24(33-19-21-9-5-3-6-10-21)18-25(26)29(30)23-13-15-27(32-2)28(17-23)34-20-22-11-7-4-8-12-22/h3-18H,19-20H2,1-2H3. The van der Waals surface area contributed by atoms with E-state index < -0.39 is 0 Å². The topological polar surface area (TPSA) is 54.0 Å². The van der Waals surface area contributed by atoms with Gasteiger partial charge >= 0.3 is 0 Å².